The number of carbonyl (C=O) groups is 2. The van der Waals surface area contributed by atoms with Gasteiger partial charge in [0, 0.05) is 18.2 Å². The van der Waals surface area contributed by atoms with Gasteiger partial charge in [0.05, 0.1) is 61.8 Å². The van der Waals surface area contributed by atoms with Gasteiger partial charge in [0.1, 0.15) is 5.75 Å². The highest BCUT2D eigenvalue weighted by Gasteiger charge is 2.41. The van der Waals surface area contributed by atoms with Gasteiger partial charge in [-0.25, -0.2) is 0 Å². The number of hydrogen-bond donors (Lipinski definition) is 0. The fourth-order valence-corrected chi connectivity index (χ4v) is 6.32. The van der Waals surface area contributed by atoms with E-state index < -0.39 is 17.3 Å². The summed E-state index contributed by atoms with van der Waals surface area (Å²) in [4.78, 5) is 29.0. The van der Waals surface area contributed by atoms with Crippen molar-refractivity contribution in [3.05, 3.63) is 87.9 Å². The summed E-state index contributed by atoms with van der Waals surface area (Å²) in [5, 5.41) is 0.721. The van der Waals surface area contributed by atoms with Crippen molar-refractivity contribution in [2.24, 2.45) is 0 Å². The molecule has 0 saturated carbocycles. The van der Waals surface area contributed by atoms with Gasteiger partial charge in [-0.15, -0.1) is 11.8 Å². The van der Waals surface area contributed by atoms with E-state index in [1.807, 2.05) is 60.7 Å². The number of rotatable bonds is 9. The van der Waals surface area contributed by atoms with E-state index in [4.69, 9.17) is 32.7 Å². The van der Waals surface area contributed by atoms with Gasteiger partial charge in [-0.2, -0.15) is 0 Å². The number of anilines is 1. The molecular formula is C30H33Cl2IN2O4S. The van der Waals surface area contributed by atoms with Crippen LogP contribution in [0.15, 0.2) is 71.6 Å². The lowest BCUT2D eigenvalue weighted by Crippen LogP contribution is -3.00. The number of quaternary nitrogens is 1. The monoisotopic (exact) mass is 714 g/mol. The Hall–Kier alpha value is -1.98. The predicted molar refractivity (Wildman–Crippen MR) is 158 cm³/mol. The molecule has 0 saturated heterocycles. The van der Waals surface area contributed by atoms with Crippen molar-refractivity contribution in [3.63, 3.8) is 0 Å². The Kier molecular flexibility index (Phi) is 11.6. The number of amides is 1. The minimum atomic E-state index is -0.978. The third kappa shape index (κ3) is 7.85. The third-order valence-electron chi connectivity index (χ3n) is 6.88. The molecule has 1 aliphatic rings. The lowest BCUT2D eigenvalue weighted by Gasteiger charge is -2.34. The molecule has 214 valence electrons. The summed E-state index contributed by atoms with van der Waals surface area (Å²) in [6.45, 7) is 3.29. The molecule has 2 atom stereocenters. The topological polar surface area (TPSA) is 55.8 Å². The first-order chi connectivity index (χ1) is 18.6. The molecular weight excluding hydrogens is 682 g/mol. The number of methoxy groups -OCH3 is 1. The van der Waals surface area contributed by atoms with Gasteiger partial charge in [0.2, 0.25) is 0 Å². The van der Waals surface area contributed by atoms with E-state index in [-0.39, 0.29) is 29.9 Å². The number of halogens is 3. The normalized spacial score (nSPS) is 16.9. The quantitative estimate of drug-likeness (QED) is 0.193. The van der Waals surface area contributed by atoms with E-state index >= 15 is 0 Å². The summed E-state index contributed by atoms with van der Waals surface area (Å²) >= 11 is 14.1. The Morgan fingerprint density at radius 3 is 2.38 bits per heavy atom. The number of likely N-dealkylation sites (N-methyl/N-ethyl adjacent to an activating group) is 1. The molecule has 0 radical (unpaired) electrons. The minimum Gasteiger partial charge on any atom is -1.00 e. The Morgan fingerprint density at radius 1 is 1.00 bits per heavy atom. The molecule has 10 heteroatoms. The van der Waals surface area contributed by atoms with Gasteiger partial charge in [-0.1, -0.05) is 59.6 Å². The first-order valence-electron chi connectivity index (χ1n) is 12.7. The van der Waals surface area contributed by atoms with Crippen molar-refractivity contribution < 1.29 is 47.5 Å². The maximum atomic E-state index is 14.1. The number of thioether (sulfide) groups is 1. The van der Waals surface area contributed by atoms with E-state index in [1.165, 1.54) is 18.7 Å². The van der Waals surface area contributed by atoms with E-state index in [9.17, 15) is 9.59 Å². The average molecular weight is 715 g/mol. The lowest BCUT2D eigenvalue weighted by atomic mass is 10.1. The van der Waals surface area contributed by atoms with Crippen molar-refractivity contribution >= 4 is 52.5 Å². The maximum Gasteiger partial charge on any atom is 0.303 e. The second kappa shape index (κ2) is 14.3. The molecule has 0 aliphatic carbocycles. The molecule has 6 nitrogen and oxygen atoms in total. The largest absolute Gasteiger partial charge is 1.00 e. The van der Waals surface area contributed by atoms with Crippen LogP contribution in [0.2, 0.25) is 10.0 Å². The van der Waals surface area contributed by atoms with Crippen LogP contribution in [0.5, 0.6) is 5.75 Å². The molecule has 0 fully saturated rings. The molecule has 1 aliphatic heterocycles. The van der Waals surface area contributed by atoms with Crippen molar-refractivity contribution in [1.82, 2.24) is 0 Å². The molecule has 3 aromatic rings. The first-order valence-corrected chi connectivity index (χ1v) is 14.4. The molecule has 1 heterocycles. The van der Waals surface area contributed by atoms with Crippen LogP contribution in [0.3, 0.4) is 0 Å². The Bertz CT molecular complexity index is 1340. The third-order valence-corrected chi connectivity index (χ3v) is 9.11. The van der Waals surface area contributed by atoms with E-state index in [0.29, 0.717) is 33.4 Å². The second-order valence-electron chi connectivity index (χ2n) is 10.1. The summed E-state index contributed by atoms with van der Waals surface area (Å²) in [5.41, 5.74) is 2.70. The van der Waals surface area contributed by atoms with E-state index in [1.54, 1.807) is 18.1 Å². The van der Waals surface area contributed by atoms with Crippen LogP contribution in [0.25, 0.3) is 0 Å². The highest BCUT2D eigenvalue weighted by Crippen LogP contribution is 2.47. The summed E-state index contributed by atoms with van der Waals surface area (Å²) in [7, 11) is 5.87. The summed E-state index contributed by atoms with van der Waals surface area (Å²) in [6.07, 6.45) is -0.225. The standard InChI is InChI=1S/C30H33Cl2N2O4S.HI/c1-20(35)38-28-29(22-12-14-23(37-4)15-13-22)39-26-11-6-5-10-25(26)33(30(28)36)17-19-34(2,3)18-16-21-8-7-9-24(31)27(21)32;/h5-15,28-29H,16-19H2,1-4H3;1H/q+1;/p-1/t28-,29+;/m0./s1. The lowest BCUT2D eigenvalue weighted by molar-refractivity contribution is -0.888. The first kappa shape index (κ1) is 32.5. The van der Waals surface area contributed by atoms with Crippen molar-refractivity contribution in [2.45, 2.75) is 29.6 Å². The molecule has 0 bridgehead atoms. The zero-order valence-electron chi connectivity index (χ0n) is 22.9. The molecule has 0 spiro atoms. The Morgan fingerprint density at radius 2 is 1.70 bits per heavy atom. The maximum absolute atomic E-state index is 14.1. The highest BCUT2D eigenvalue weighted by molar-refractivity contribution is 7.99. The van der Waals surface area contributed by atoms with Crippen LogP contribution in [0, 0.1) is 0 Å². The van der Waals surface area contributed by atoms with Crippen LogP contribution in [-0.4, -0.2) is 63.3 Å². The average Bonchev–Trinajstić information content (AvgIpc) is 3.02. The number of carbonyl (C=O) groups excluding carboxylic acids is 2. The van der Waals surface area contributed by atoms with E-state index in [0.717, 1.165) is 34.7 Å². The van der Waals surface area contributed by atoms with Crippen LogP contribution in [0.1, 0.15) is 23.3 Å². The predicted octanol–water partition coefficient (Wildman–Crippen LogP) is 3.44. The van der Waals surface area contributed by atoms with Crippen LogP contribution in [-0.2, 0) is 20.7 Å². The second-order valence-corrected chi connectivity index (χ2v) is 12.1. The fraction of sp³-hybridized carbons (Fsp3) is 0.333. The Labute approximate surface area is 267 Å². The van der Waals surface area contributed by atoms with Gasteiger partial charge < -0.3 is 42.8 Å². The number of esters is 1. The Balaban J connectivity index is 0.00000441. The number of ether oxygens (including phenoxy) is 2. The summed E-state index contributed by atoms with van der Waals surface area (Å²) < 4.78 is 11.7. The minimum absolute atomic E-state index is 0. The van der Waals surface area contributed by atoms with Crippen LogP contribution >= 0.6 is 35.0 Å². The van der Waals surface area contributed by atoms with Crippen molar-refractivity contribution in [2.75, 3.05) is 45.7 Å². The number of fused-ring (bicyclic) bond motifs is 1. The van der Waals surface area contributed by atoms with Gasteiger partial charge in [0.25, 0.3) is 5.91 Å². The van der Waals surface area contributed by atoms with Crippen LogP contribution < -0.4 is 33.6 Å². The number of hydrogen-bond acceptors (Lipinski definition) is 5. The van der Waals surface area contributed by atoms with Crippen molar-refractivity contribution in [3.8, 4) is 5.75 Å². The number of benzene rings is 3. The smallest absolute Gasteiger partial charge is 0.303 e. The highest BCUT2D eigenvalue weighted by atomic mass is 127. The molecule has 3 aromatic carbocycles. The van der Waals surface area contributed by atoms with Crippen molar-refractivity contribution in [1.29, 1.82) is 0 Å². The fourth-order valence-electron chi connectivity index (χ4n) is 4.59. The van der Waals surface area contributed by atoms with Gasteiger partial charge in [-0.05, 0) is 41.5 Å². The zero-order valence-corrected chi connectivity index (χ0v) is 27.4. The molecule has 4 rings (SSSR count). The zero-order chi connectivity index (χ0) is 28.2. The number of para-hydroxylation sites is 1. The molecule has 0 unspecified atom stereocenters. The van der Waals surface area contributed by atoms with Gasteiger partial charge >= 0.3 is 5.97 Å². The van der Waals surface area contributed by atoms with Gasteiger partial charge in [0.15, 0.2) is 6.10 Å². The van der Waals surface area contributed by atoms with E-state index in [2.05, 4.69) is 14.1 Å². The SMILES string of the molecule is COc1ccc([C@H]2Sc3ccccc3N(CC[N+](C)(C)CCc3cccc(Cl)c3Cl)C(=O)[C@H]2OC(C)=O)cc1.[I-]. The molecule has 0 aromatic heterocycles. The van der Waals surface area contributed by atoms with Crippen LogP contribution in [0.4, 0.5) is 5.69 Å². The molecule has 40 heavy (non-hydrogen) atoms. The summed E-state index contributed by atoms with van der Waals surface area (Å²) in [6, 6.07) is 21.1. The summed E-state index contributed by atoms with van der Waals surface area (Å²) in [5.74, 6) is -0.0111. The molecule has 0 N–H and O–H groups in total. The molecule has 1 amide bonds. The van der Waals surface area contributed by atoms with Gasteiger partial charge in [-0.3, -0.25) is 9.59 Å². The number of nitrogens with zero attached hydrogens (tertiary/aromatic N) is 2.